The van der Waals surface area contributed by atoms with E-state index in [1.54, 1.807) is 25.1 Å². The molecule has 1 aromatic carbocycles. The monoisotopic (exact) mass is 307 g/mol. The number of hydrogen-bond acceptors (Lipinski definition) is 5. The molecule has 0 bridgehead atoms. The highest BCUT2D eigenvalue weighted by atomic mass is 32.2. The van der Waals surface area contributed by atoms with Gasteiger partial charge in [0.05, 0.1) is 11.3 Å². The Morgan fingerprint density at radius 2 is 2.00 bits per heavy atom. The smallest absolute Gasteiger partial charge is 0.335 e. The van der Waals surface area contributed by atoms with Crippen molar-refractivity contribution in [3.8, 4) is 0 Å². The SMILES string of the molecule is Cc1cccc(Nc2ccc(C(=O)O)cc2S(N)(=O)=O)n1. The first kappa shape index (κ1) is 14.9. The van der Waals surface area contributed by atoms with E-state index in [0.717, 1.165) is 11.8 Å². The topological polar surface area (TPSA) is 122 Å². The summed E-state index contributed by atoms with van der Waals surface area (Å²) in [5, 5.41) is 16.9. The Bertz CT molecular complexity index is 803. The molecule has 4 N–H and O–H groups in total. The summed E-state index contributed by atoms with van der Waals surface area (Å²) < 4.78 is 23.2. The van der Waals surface area contributed by atoms with Gasteiger partial charge in [0.25, 0.3) is 0 Å². The number of nitrogens with zero attached hydrogens (tertiary/aromatic N) is 1. The highest BCUT2D eigenvalue weighted by molar-refractivity contribution is 7.89. The number of aryl methyl sites for hydroxylation is 1. The Morgan fingerprint density at radius 3 is 2.57 bits per heavy atom. The predicted octanol–water partition coefficient (Wildman–Crippen LogP) is 1.48. The number of aromatic carboxylic acids is 1. The van der Waals surface area contributed by atoms with Crippen molar-refractivity contribution in [2.24, 2.45) is 5.14 Å². The van der Waals surface area contributed by atoms with Gasteiger partial charge in [-0.3, -0.25) is 0 Å². The van der Waals surface area contributed by atoms with Crippen LogP contribution >= 0.6 is 0 Å². The van der Waals surface area contributed by atoms with Gasteiger partial charge in [0.1, 0.15) is 10.7 Å². The summed E-state index contributed by atoms with van der Waals surface area (Å²) in [5.74, 6) is -0.803. The molecule has 7 nitrogen and oxygen atoms in total. The molecule has 0 aliphatic rings. The zero-order valence-corrected chi connectivity index (χ0v) is 11.9. The lowest BCUT2D eigenvalue weighted by Crippen LogP contribution is -2.15. The number of aromatic nitrogens is 1. The van der Waals surface area contributed by atoms with Crippen molar-refractivity contribution in [3.63, 3.8) is 0 Å². The average Bonchev–Trinajstić information content (AvgIpc) is 2.37. The standard InChI is InChI=1S/C13H13N3O4S/c1-8-3-2-4-12(15-8)16-10-6-5-9(13(17)18)7-11(10)21(14,19)20/h2-7H,1H3,(H,15,16)(H,17,18)(H2,14,19,20). The second kappa shape index (κ2) is 5.51. The molecular formula is C13H13N3O4S. The molecule has 1 aromatic heterocycles. The number of anilines is 2. The van der Waals surface area contributed by atoms with Crippen molar-refractivity contribution < 1.29 is 18.3 Å². The zero-order valence-electron chi connectivity index (χ0n) is 11.1. The maximum Gasteiger partial charge on any atom is 0.335 e. The van der Waals surface area contributed by atoms with E-state index in [1.807, 2.05) is 0 Å². The fourth-order valence-corrected chi connectivity index (χ4v) is 2.46. The molecule has 0 spiro atoms. The van der Waals surface area contributed by atoms with E-state index >= 15 is 0 Å². The molecular weight excluding hydrogens is 294 g/mol. The maximum absolute atomic E-state index is 11.6. The molecule has 0 fully saturated rings. The summed E-state index contributed by atoms with van der Waals surface area (Å²) >= 11 is 0. The minimum atomic E-state index is -4.07. The van der Waals surface area contributed by atoms with Gasteiger partial charge in [0.2, 0.25) is 10.0 Å². The van der Waals surface area contributed by atoms with Gasteiger partial charge in [-0.25, -0.2) is 23.3 Å². The van der Waals surface area contributed by atoms with Crippen LogP contribution in [0.25, 0.3) is 0 Å². The Morgan fingerprint density at radius 1 is 1.29 bits per heavy atom. The van der Waals surface area contributed by atoms with Crippen molar-refractivity contribution in [2.45, 2.75) is 11.8 Å². The van der Waals surface area contributed by atoms with Crippen LogP contribution in [0, 0.1) is 6.92 Å². The Labute approximate surface area is 121 Å². The number of carbonyl (C=O) groups is 1. The number of rotatable bonds is 4. The van der Waals surface area contributed by atoms with Crippen molar-refractivity contribution >= 4 is 27.5 Å². The van der Waals surface area contributed by atoms with E-state index in [4.69, 9.17) is 10.2 Å². The second-order valence-corrected chi connectivity index (χ2v) is 5.88. The van der Waals surface area contributed by atoms with Gasteiger partial charge in [-0.05, 0) is 37.3 Å². The molecule has 2 rings (SSSR count). The second-order valence-electron chi connectivity index (χ2n) is 4.35. The maximum atomic E-state index is 11.6. The summed E-state index contributed by atoms with van der Waals surface area (Å²) in [7, 11) is -4.07. The molecule has 0 atom stereocenters. The van der Waals surface area contributed by atoms with Gasteiger partial charge < -0.3 is 10.4 Å². The van der Waals surface area contributed by atoms with E-state index in [-0.39, 0.29) is 16.1 Å². The van der Waals surface area contributed by atoms with Crippen LogP contribution < -0.4 is 10.5 Å². The fourth-order valence-electron chi connectivity index (χ4n) is 1.74. The quantitative estimate of drug-likeness (QED) is 0.786. The van der Waals surface area contributed by atoms with Gasteiger partial charge in [-0.2, -0.15) is 0 Å². The van der Waals surface area contributed by atoms with Crippen LogP contribution in [-0.4, -0.2) is 24.5 Å². The lowest BCUT2D eigenvalue weighted by Gasteiger charge is -2.11. The van der Waals surface area contributed by atoms with Gasteiger partial charge >= 0.3 is 5.97 Å². The van der Waals surface area contributed by atoms with E-state index in [0.29, 0.717) is 5.82 Å². The molecule has 2 aromatic rings. The van der Waals surface area contributed by atoms with Crippen molar-refractivity contribution in [3.05, 3.63) is 47.7 Å². The third kappa shape index (κ3) is 3.56. The van der Waals surface area contributed by atoms with Crippen molar-refractivity contribution in [1.82, 2.24) is 4.98 Å². The van der Waals surface area contributed by atoms with Gasteiger partial charge in [0, 0.05) is 5.69 Å². The lowest BCUT2D eigenvalue weighted by atomic mass is 10.2. The van der Waals surface area contributed by atoms with Crippen molar-refractivity contribution in [1.29, 1.82) is 0 Å². The number of carboxylic acid groups (broad SMARTS) is 1. The number of benzene rings is 1. The summed E-state index contributed by atoms with van der Waals surface area (Å²) in [4.78, 5) is 14.8. The summed E-state index contributed by atoms with van der Waals surface area (Å²) in [6.45, 7) is 1.79. The first-order valence-corrected chi connectivity index (χ1v) is 7.43. The van der Waals surface area contributed by atoms with Gasteiger partial charge in [-0.1, -0.05) is 6.07 Å². The van der Waals surface area contributed by atoms with E-state index in [1.165, 1.54) is 12.1 Å². The zero-order chi connectivity index (χ0) is 15.6. The first-order chi connectivity index (χ1) is 9.77. The molecule has 0 radical (unpaired) electrons. The van der Waals surface area contributed by atoms with E-state index in [9.17, 15) is 13.2 Å². The molecule has 8 heteroatoms. The number of nitrogens with one attached hydrogen (secondary N) is 1. The molecule has 110 valence electrons. The summed E-state index contributed by atoms with van der Waals surface area (Å²) in [6.07, 6.45) is 0. The fraction of sp³-hybridized carbons (Fsp3) is 0.0769. The number of nitrogens with two attached hydrogens (primary N) is 1. The molecule has 0 aliphatic carbocycles. The normalized spacial score (nSPS) is 11.1. The molecule has 1 heterocycles. The molecule has 0 aliphatic heterocycles. The van der Waals surface area contributed by atoms with Crippen LogP contribution in [0.4, 0.5) is 11.5 Å². The summed E-state index contributed by atoms with van der Waals surface area (Å²) in [5.41, 5.74) is 0.752. The summed E-state index contributed by atoms with van der Waals surface area (Å²) in [6, 6.07) is 8.84. The van der Waals surface area contributed by atoms with E-state index in [2.05, 4.69) is 10.3 Å². The number of primary sulfonamides is 1. The third-order valence-electron chi connectivity index (χ3n) is 2.69. The highest BCUT2D eigenvalue weighted by Crippen LogP contribution is 2.24. The molecule has 0 saturated heterocycles. The van der Waals surface area contributed by atoms with Crippen LogP contribution in [0.2, 0.25) is 0 Å². The van der Waals surface area contributed by atoms with E-state index < -0.39 is 16.0 Å². The van der Waals surface area contributed by atoms with Crippen LogP contribution in [0.1, 0.15) is 16.1 Å². The van der Waals surface area contributed by atoms with Crippen LogP contribution in [0.3, 0.4) is 0 Å². The Hall–Kier alpha value is -2.45. The number of pyridine rings is 1. The third-order valence-corrected chi connectivity index (χ3v) is 3.64. The minimum Gasteiger partial charge on any atom is -0.478 e. The first-order valence-electron chi connectivity index (χ1n) is 5.88. The Balaban J connectivity index is 2.51. The highest BCUT2D eigenvalue weighted by Gasteiger charge is 2.17. The number of hydrogen-bond donors (Lipinski definition) is 3. The molecule has 0 unspecified atom stereocenters. The van der Waals surface area contributed by atoms with Crippen LogP contribution in [-0.2, 0) is 10.0 Å². The van der Waals surface area contributed by atoms with Crippen LogP contribution in [0.5, 0.6) is 0 Å². The van der Waals surface area contributed by atoms with Crippen molar-refractivity contribution in [2.75, 3.05) is 5.32 Å². The number of carboxylic acids is 1. The largest absolute Gasteiger partial charge is 0.478 e. The Kier molecular flexibility index (Phi) is 3.92. The lowest BCUT2D eigenvalue weighted by molar-refractivity contribution is 0.0696. The van der Waals surface area contributed by atoms with Crippen LogP contribution in [0.15, 0.2) is 41.3 Å². The number of sulfonamides is 1. The average molecular weight is 307 g/mol. The van der Waals surface area contributed by atoms with Gasteiger partial charge in [-0.15, -0.1) is 0 Å². The predicted molar refractivity (Wildman–Crippen MR) is 77.0 cm³/mol. The van der Waals surface area contributed by atoms with Gasteiger partial charge in [0.15, 0.2) is 0 Å². The molecule has 0 saturated carbocycles. The molecule has 21 heavy (non-hydrogen) atoms. The minimum absolute atomic E-state index is 0.165. The molecule has 0 amide bonds.